The van der Waals surface area contributed by atoms with E-state index in [4.69, 9.17) is 16.3 Å². The van der Waals surface area contributed by atoms with E-state index < -0.39 is 0 Å². The highest BCUT2D eigenvalue weighted by atomic mass is 35.5. The molecular weight excluding hydrogens is 330 g/mol. The van der Waals surface area contributed by atoms with Gasteiger partial charge in [0.2, 0.25) is 5.91 Å². The summed E-state index contributed by atoms with van der Waals surface area (Å²) >= 11 is 7.51. The third-order valence-electron chi connectivity index (χ3n) is 3.04. The molecule has 0 aliphatic heterocycles. The molecule has 0 aliphatic rings. The molecule has 0 heterocycles. The van der Waals surface area contributed by atoms with Gasteiger partial charge in [-0.15, -0.1) is 11.8 Å². The maximum Gasteiger partial charge on any atom is 0.244 e. The Morgan fingerprint density at radius 3 is 2.70 bits per heavy atom. The van der Waals surface area contributed by atoms with Gasteiger partial charge < -0.3 is 10.1 Å². The molecule has 0 atom stereocenters. The van der Waals surface area contributed by atoms with Gasteiger partial charge in [-0.1, -0.05) is 29.8 Å². The van der Waals surface area contributed by atoms with Crippen molar-refractivity contribution in [1.29, 1.82) is 0 Å². The zero-order chi connectivity index (χ0) is 16.5. The van der Waals surface area contributed by atoms with Crippen molar-refractivity contribution in [1.82, 2.24) is 5.32 Å². The molecule has 2 rings (SSSR count). The monoisotopic (exact) mass is 347 g/mol. The van der Waals surface area contributed by atoms with Crippen LogP contribution in [0.2, 0.25) is 5.02 Å². The van der Waals surface area contributed by atoms with Crippen molar-refractivity contribution in [3.8, 4) is 5.75 Å². The highest BCUT2D eigenvalue weighted by Gasteiger charge is 2.00. The lowest BCUT2D eigenvalue weighted by atomic mass is 10.2. The molecule has 0 saturated carbocycles. The first-order valence-electron chi connectivity index (χ1n) is 7.16. The molecule has 0 aromatic heterocycles. The standard InChI is InChI=1S/C18H18ClNO2S/c1-22-17-5-3-2-4-14(17)6-11-18(21)20-12-13-23-16-9-7-15(19)8-10-16/h2-11H,12-13H2,1H3,(H,20,21). The number of rotatable bonds is 7. The first-order valence-corrected chi connectivity index (χ1v) is 8.52. The van der Waals surface area contributed by atoms with E-state index in [-0.39, 0.29) is 5.91 Å². The Morgan fingerprint density at radius 2 is 1.96 bits per heavy atom. The Hall–Kier alpha value is -1.91. The highest BCUT2D eigenvalue weighted by Crippen LogP contribution is 2.20. The zero-order valence-electron chi connectivity index (χ0n) is 12.8. The van der Waals surface area contributed by atoms with Crippen molar-refractivity contribution in [2.24, 2.45) is 0 Å². The predicted octanol–water partition coefficient (Wildman–Crippen LogP) is 4.27. The molecule has 2 aromatic rings. The van der Waals surface area contributed by atoms with E-state index in [2.05, 4.69) is 5.32 Å². The third-order valence-corrected chi connectivity index (χ3v) is 4.30. The maximum absolute atomic E-state index is 11.8. The predicted molar refractivity (Wildman–Crippen MR) is 97.2 cm³/mol. The number of hydrogen-bond donors (Lipinski definition) is 1. The molecule has 0 aliphatic carbocycles. The van der Waals surface area contributed by atoms with Crippen LogP contribution in [0.25, 0.3) is 6.08 Å². The number of carbonyl (C=O) groups excluding carboxylic acids is 1. The van der Waals surface area contributed by atoms with E-state index >= 15 is 0 Å². The third kappa shape index (κ3) is 6.00. The Kier molecular flexibility index (Phi) is 7.04. The molecule has 1 N–H and O–H groups in total. The molecule has 1 amide bonds. The molecule has 0 fully saturated rings. The molecular formula is C18H18ClNO2S. The van der Waals surface area contributed by atoms with Gasteiger partial charge >= 0.3 is 0 Å². The van der Waals surface area contributed by atoms with Crippen molar-refractivity contribution >= 4 is 35.3 Å². The number of para-hydroxylation sites is 1. The Morgan fingerprint density at radius 1 is 1.22 bits per heavy atom. The van der Waals surface area contributed by atoms with Gasteiger partial charge in [0.05, 0.1) is 7.11 Å². The average molecular weight is 348 g/mol. The number of halogens is 1. The minimum atomic E-state index is -0.118. The van der Waals surface area contributed by atoms with Crippen LogP contribution in [0.4, 0.5) is 0 Å². The van der Waals surface area contributed by atoms with Crippen molar-refractivity contribution in [3.05, 3.63) is 65.2 Å². The summed E-state index contributed by atoms with van der Waals surface area (Å²) in [4.78, 5) is 12.9. The number of hydrogen-bond acceptors (Lipinski definition) is 3. The summed E-state index contributed by atoms with van der Waals surface area (Å²) in [7, 11) is 1.61. The molecule has 0 saturated heterocycles. The fourth-order valence-corrected chi connectivity index (χ4v) is 2.80. The Balaban J connectivity index is 1.74. The number of carbonyl (C=O) groups is 1. The Bertz CT molecular complexity index is 671. The quantitative estimate of drug-likeness (QED) is 0.462. The average Bonchev–Trinajstić information content (AvgIpc) is 2.58. The molecule has 5 heteroatoms. The van der Waals surface area contributed by atoms with Gasteiger partial charge in [0.25, 0.3) is 0 Å². The second kappa shape index (κ2) is 9.28. The smallest absolute Gasteiger partial charge is 0.244 e. The second-order valence-corrected chi connectivity index (χ2v) is 6.27. The van der Waals surface area contributed by atoms with Gasteiger partial charge in [-0.25, -0.2) is 0 Å². The molecule has 2 aromatic carbocycles. The number of nitrogens with one attached hydrogen (secondary N) is 1. The zero-order valence-corrected chi connectivity index (χ0v) is 14.4. The first kappa shape index (κ1) is 17.4. The van der Waals surface area contributed by atoms with E-state index in [9.17, 15) is 4.79 Å². The SMILES string of the molecule is COc1ccccc1C=CC(=O)NCCSc1ccc(Cl)cc1. The lowest BCUT2D eigenvalue weighted by molar-refractivity contribution is -0.116. The molecule has 23 heavy (non-hydrogen) atoms. The molecule has 0 radical (unpaired) electrons. The van der Waals surface area contributed by atoms with E-state index in [0.29, 0.717) is 6.54 Å². The fraction of sp³-hybridized carbons (Fsp3) is 0.167. The van der Waals surface area contributed by atoms with Crippen LogP contribution in [-0.2, 0) is 4.79 Å². The molecule has 0 spiro atoms. The minimum Gasteiger partial charge on any atom is -0.496 e. The molecule has 0 bridgehead atoms. The topological polar surface area (TPSA) is 38.3 Å². The van der Waals surface area contributed by atoms with Gasteiger partial charge in [-0.2, -0.15) is 0 Å². The lowest BCUT2D eigenvalue weighted by Crippen LogP contribution is -2.23. The largest absolute Gasteiger partial charge is 0.496 e. The lowest BCUT2D eigenvalue weighted by Gasteiger charge is -2.04. The van der Waals surface area contributed by atoms with Crippen LogP contribution in [0.1, 0.15) is 5.56 Å². The van der Waals surface area contributed by atoms with Crippen molar-refractivity contribution in [2.45, 2.75) is 4.90 Å². The summed E-state index contributed by atoms with van der Waals surface area (Å²) < 4.78 is 5.24. The first-order chi connectivity index (χ1) is 11.2. The van der Waals surface area contributed by atoms with Crippen molar-refractivity contribution in [3.63, 3.8) is 0 Å². The summed E-state index contributed by atoms with van der Waals surface area (Å²) in [6.45, 7) is 0.600. The molecule has 120 valence electrons. The van der Waals surface area contributed by atoms with Crippen LogP contribution in [0.15, 0.2) is 59.5 Å². The van der Waals surface area contributed by atoms with Crippen LogP contribution in [0.5, 0.6) is 5.75 Å². The van der Waals surface area contributed by atoms with Crippen LogP contribution >= 0.6 is 23.4 Å². The normalized spacial score (nSPS) is 10.7. The van der Waals surface area contributed by atoms with E-state index in [0.717, 1.165) is 27.0 Å². The molecule has 3 nitrogen and oxygen atoms in total. The van der Waals surface area contributed by atoms with Gasteiger partial charge in [0.15, 0.2) is 0 Å². The summed E-state index contributed by atoms with van der Waals surface area (Å²) in [6.07, 6.45) is 3.27. The number of benzene rings is 2. The second-order valence-electron chi connectivity index (χ2n) is 4.67. The summed E-state index contributed by atoms with van der Waals surface area (Å²) in [5.41, 5.74) is 0.876. The van der Waals surface area contributed by atoms with Gasteiger partial charge in [-0.3, -0.25) is 4.79 Å². The van der Waals surface area contributed by atoms with Crippen LogP contribution in [0.3, 0.4) is 0 Å². The molecule has 0 unspecified atom stereocenters. The highest BCUT2D eigenvalue weighted by molar-refractivity contribution is 7.99. The maximum atomic E-state index is 11.8. The van der Waals surface area contributed by atoms with Gasteiger partial charge in [0.1, 0.15) is 5.75 Å². The number of thioether (sulfide) groups is 1. The number of ether oxygens (including phenoxy) is 1. The Labute approximate surface area is 145 Å². The van der Waals surface area contributed by atoms with E-state index in [1.165, 1.54) is 6.08 Å². The number of methoxy groups -OCH3 is 1. The summed E-state index contributed by atoms with van der Waals surface area (Å²) in [5, 5.41) is 3.58. The summed E-state index contributed by atoms with van der Waals surface area (Å²) in [5.74, 6) is 1.43. The van der Waals surface area contributed by atoms with Crippen molar-refractivity contribution in [2.75, 3.05) is 19.4 Å². The number of amides is 1. The van der Waals surface area contributed by atoms with E-state index in [1.807, 2.05) is 48.5 Å². The van der Waals surface area contributed by atoms with Crippen LogP contribution in [-0.4, -0.2) is 25.3 Å². The minimum absolute atomic E-state index is 0.118. The van der Waals surface area contributed by atoms with Gasteiger partial charge in [-0.05, 0) is 36.4 Å². The van der Waals surface area contributed by atoms with Crippen LogP contribution < -0.4 is 10.1 Å². The van der Waals surface area contributed by atoms with Gasteiger partial charge in [0, 0.05) is 33.9 Å². The fourth-order valence-electron chi connectivity index (χ4n) is 1.90. The summed E-state index contributed by atoms with van der Waals surface area (Å²) in [6, 6.07) is 15.2. The van der Waals surface area contributed by atoms with Crippen molar-refractivity contribution < 1.29 is 9.53 Å². The van der Waals surface area contributed by atoms with E-state index in [1.54, 1.807) is 24.9 Å². The van der Waals surface area contributed by atoms with Crippen LogP contribution in [0, 0.1) is 0 Å².